The fourth-order valence-electron chi connectivity index (χ4n) is 2.74. The Hall–Kier alpha value is -2.05. The molecule has 0 radical (unpaired) electrons. The lowest BCUT2D eigenvalue weighted by molar-refractivity contribution is -0.161. The molecule has 22 heavy (non-hydrogen) atoms. The Kier molecular flexibility index (Phi) is 4.44. The molecule has 3 atom stereocenters. The molecule has 7 nitrogen and oxygen atoms in total. The molecule has 1 aliphatic carbocycles. The van der Waals surface area contributed by atoms with Crippen molar-refractivity contribution in [1.29, 1.82) is 0 Å². The molecule has 0 aromatic rings. The smallest absolute Gasteiger partial charge is 0.327 e. The van der Waals surface area contributed by atoms with Gasteiger partial charge in [-0.15, -0.1) is 0 Å². The molecule has 0 aromatic carbocycles. The van der Waals surface area contributed by atoms with Crippen molar-refractivity contribution >= 4 is 29.4 Å². The highest BCUT2D eigenvalue weighted by Gasteiger charge is 2.44. The van der Waals surface area contributed by atoms with Crippen molar-refractivity contribution in [2.24, 2.45) is 17.8 Å². The number of hydrogen-bond acceptors (Lipinski definition) is 6. The normalized spacial score (nSPS) is 28.9. The number of rotatable bonds is 4. The lowest BCUT2D eigenvalue weighted by Crippen LogP contribution is -2.39. The average molecular weight is 309 g/mol. The van der Waals surface area contributed by atoms with Gasteiger partial charge in [0, 0.05) is 24.7 Å². The molecule has 3 unspecified atom stereocenters. The largest absolute Gasteiger partial charge is 0.445 e. The minimum Gasteiger partial charge on any atom is -0.445 e. The molecular formula is C15H19NO6. The van der Waals surface area contributed by atoms with E-state index in [2.05, 4.69) is 0 Å². The summed E-state index contributed by atoms with van der Waals surface area (Å²) in [5.74, 6) is -3.53. The number of ether oxygens (including phenoxy) is 1. The summed E-state index contributed by atoms with van der Waals surface area (Å²) < 4.78 is 4.88. The van der Waals surface area contributed by atoms with Gasteiger partial charge in [0.1, 0.15) is 6.54 Å². The number of ketones is 2. The molecule has 2 rings (SSSR count). The Labute approximate surface area is 128 Å². The second-order valence-corrected chi connectivity index (χ2v) is 6.22. The first kappa shape index (κ1) is 16.3. The number of hydrogen-bond donors (Lipinski definition) is 0. The van der Waals surface area contributed by atoms with Gasteiger partial charge in [0.25, 0.3) is 0 Å². The lowest BCUT2D eigenvalue weighted by atomic mass is 9.94. The second-order valence-electron chi connectivity index (χ2n) is 6.22. The van der Waals surface area contributed by atoms with Crippen LogP contribution in [0.5, 0.6) is 0 Å². The van der Waals surface area contributed by atoms with Crippen LogP contribution in [0.25, 0.3) is 0 Å². The summed E-state index contributed by atoms with van der Waals surface area (Å²) in [6.07, 6.45) is -1.27. The quantitative estimate of drug-likeness (QED) is 0.415. The van der Waals surface area contributed by atoms with Crippen LogP contribution in [0.4, 0.5) is 0 Å². The van der Waals surface area contributed by atoms with Crippen LogP contribution in [-0.2, 0) is 28.7 Å². The molecule has 1 saturated carbocycles. The molecule has 120 valence electrons. The summed E-state index contributed by atoms with van der Waals surface area (Å²) in [5, 5.41) is 0. The predicted molar refractivity (Wildman–Crippen MR) is 73.3 cm³/mol. The van der Waals surface area contributed by atoms with Gasteiger partial charge in [0.15, 0.2) is 11.6 Å². The maximum absolute atomic E-state index is 12.1. The molecular weight excluding hydrogens is 290 g/mol. The zero-order valence-corrected chi connectivity index (χ0v) is 12.8. The molecule has 1 heterocycles. The van der Waals surface area contributed by atoms with Crippen molar-refractivity contribution in [3.05, 3.63) is 0 Å². The maximum atomic E-state index is 12.1. The number of esters is 1. The van der Waals surface area contributed by atoms with Gasteiger partial charge in [0.2, 0.25) is 17.9 Å². The van der Waals surface area contributed by atoms with Crippen LogP contribution < -0.4 is 0 Å². The molecule has 1 saturated heterocycles. The van der Waals surface area contributed by atoms with E-state index in [1.165, 1.54) is 0 Å². The number of imide groups is 1. The van der Waals surface area contributed by atoms with Gasteiger partial charge in [-0.3, -0.25) is 28.9 Å². The predicted octanol–water partition coefficient (Wildman–Crippen LogP) is 0.107. The monoisotopic (exact) mass is 309 g/mol. The minimum atomic E-state index is -1.39. The van der Waals surface area contributed by atoms with Crippen LogP contribution in [-0.4, -0.2) is 46.9 Å². The molecule has 7 heteroatoms. The van der Waals surface area contributed by atoms with Crippen molar-refractivity contribution in [2.75, 3.05) is 6.54 Å². The SMILES string of the molecule is CC1CC(=O)C(OC(=O)CN2C(=O)CC(C(C)C)C2=O)C1=O. The van der Waals surface area contributed by atoms with Crippen LogP contribution in [0.2, 0.25) is 0 Å². The Morgan fingerprint density at radius 3 is 2.32 bits per heavy atom. The van der Waals surface area contributed by atoms with E-state index in [-0.39, 0.29) is 18.8 Å². The highest BCUT2D eigenvalue weighted by molar-refractivity contribution is 6.13. The average Bonchev–Trinajstić information content (AvgIpc) is 2.83. The van der Waals surface area contributed by atoms with Crippen LogP contribution in [0.3, 0.4) is 0 Å². The molecule has 0 spiro atoms. The number of likely N-dealkylation sites (tertiary alicyclic amines) is 1. The van der Waals surface area contributed by atoms with Crippen LogP contribution in [0, 0.1) is 17.8 Å². The van der Waals surface area contributed by atoms with Crippen molar-refractivity contribution in [2.45, 2.75) is 39.7 Å². The topological polar surface area (TPSA) is 97.8 Å². The van der Waals surface area contributed by atoms with Crippen molar-refractivity contribution in [1.82, 2.24) is 4.90 Å². The van der Waals surface area contributed by atoms with Crippen LogP contribution in [0.1, 0.15) is 33.6 Å². The fraction of sp³-hybridized carbons (Fsp3) is 0.667. The Morgan fingerprint density at radius 2 is 1.86 bits per heavy atom. The highest BCUT2D eigenvalue weighted by Crippen LogP contribution is 2.26. The molecule has 0 N–H and O–H groups in total. The summed E-state index contributed by atoms with van der Waals surface area (Å²) in [6.45, 7) is 4.70. The first-order valence-electron chi connectivity index (χ1n) is 7.32. The summed E-state index contributed by atoms with van der Waals surface area (Å²) in [5.41, 5.74) is 0. The fourth-order valence-corrected chi connectivity index (χ4v) is 2.74. The summed E-state index contributed by atoms with van der Waals surface area (Å²) in [6, 6.07) is 0. The Balaban J connectivity index is 1.98. The Bertz CT molecular complexity index is 552. The molecule has 0 bridgehead atoms. The third-order valence-corrected chi connectivity index (χ3v) is 4.16. The summed E-state index contributed by atoms with van der Waals surface area (Å²) >= 11 is 0. The second kappa shape index (κ2) is 5.98. The van der Waals surface area contributed by atoms with Gasteiger partial charge >= 0.3 is 5.97 Å². The zero-order valence-electron chi connectivity index (χ0n) is 12.8. The van der Waals surface area contributed by atoms with Crippen molar-refractivity contribution < 1.29 is 28.7 Å². The molecule has 1 aliphatic heterocycles. The van der Waals surface area contributed by atoms with E-state index in [0.29, 0.717) is 0 Å². The highest BCUT2D eigenvalue weighted by atomic mass is 16.6. The molecule has 2 amide bonds. The van der Waals surface area contributed by atoms with E-state index in [1.807, 2.05) is 13.8 Å². The van der Waals surface area contributed by atoms with E-state index in [4.69, 9.17) is 4.74 Å². The molecule has 0 aromatic heterocycles. The van der Waals surface area contributed by atoms with E-state index >= 15 is 0 Å². The summed E-state index contributed by atoms with van der Waals surface area (Å²) in [7, 11) is 0. The number of nitrogens with zero attached hydrogens (tertiary/aromatic N) is 1. The number of Topliss-reactive ketones (excluding diaryl/α,β-unsaturated/α-hetero) is 2. The zero-order chi connectivity index (χ0) is 16.6. The van der Waals surface area contributed by atoms with Crippen LogP contribution in [0.15, 0.2) is 0 Å². The third-order valence-electron chi connectivity index (χ3n) is 4.16. The summed E-state index contributed by atoms with van der Waals surface area (Å²) in [4.78, 5) is 59.9. The number of carbonyl (C=O) groups excluding carboxylic acids is 5. The number of amides is 2. The van der Waals surface area contributed by atoms with Crippen molar-refractivity contribution in [3.63, 3.8) is 0 Å². The van der Waals surface area contributed by atoms with E-state index in [9.17, 15) is 24.0 Å². The van der Waals surface area contributed by atoms with Gasteiger partial charge in [-0.25, -0.2) is 0 Å². The van der Waals surface area contributed by atoms with E-state index in [0.717, 1.165) is 4.90 Å². The van der Waals surface area contributed by atoms with Gasteiger partial charge in [-0.2, -0.15) is 0 Å². The van der Waals surface area contributed by atoms with E-state index < -0.39 is 53.8 Å². The van der Waals surface area contributed by atoms with Crippen molar-refractivity contribution in [3.8, 4) is 0 Å². The van der Waals surface area contributed by atoms with Gasteiger partial charge in [-0.1, -0.05) is 20.8 Å². The minimum absolute atomic E-state index is 0.00342. The lowest BCUT2D eigenvalue weighted by Gasteiger charge is -2.17. The first-order chi connectivity index (χ1) is 10.2. The number of carbonyl (C=O) groups is 5. The van der Waals surface area contributed by atoms with Crippen LogP contribution >= 0.6 is 0 Å². The first-order valence-corrected chi connectivity index (χ1v) is 7.32. The standard InChI is InChI=1S/C15H19NO6/c1-7(2)9-5-11(18)16(15(9)21)6-12(19)22-14-10(17)4-8(3)13(14)20/h7-9,14H,4-6H2,1-3H3. The Morgan fingerprint density at radius 1 is 1.23 bits per heavy atom. The van der Waals surface area contributed by atoms with Gasteiger partial charge < -0.3 is 4.74 Å². The molecule has 2 fully saturated rings. The molecule has 2 aliphatic rings. The van der Waals surface area contributed by atoms with Gasteiger partial charge in [0.05, 0.1) is 0 Å². The van der Waals surface area contributed by atoms with Gasteiger partial charge in [-0.05, 0) is 5.92 Å². The third kappa shape index (κ3) is 2.93. The maximum Gasteiger partial charge on any atom is 0.327 e. The van der Waals surface area contributed by atoms with E-state index in [1.54, 1.807) is 6.92 Å².